The second kappa shape index (κ2) is 6.32. The van der Waals surface area contributed by atoms with Crippen LogP contribution in [0.5, 0.6) is 0 Å². The van der Waals surface area contributed by atoms with E-state index in [0.29, 0.717) is 0 Å². The van der Waals surface area contributed by atoms with Crippen molar-refractivity contribution in [3.63, 3.8) is 0 Å². The molecule has 0 heterocycles. The molecule has 0 radical (unpaired) electrons. The summed E-state index contributed by atoms with van der Waals surface area (Å²) in [5.41, 5.74) is -0.510. The third-order valence-corrected chi connectivity index (χ3v) is 2.93. The predicted molar refractivity (Wildman–Crippen MR) is 73.6 cm³/mol. The Morgan fingerprint density at radius 1 is 1.29 bits per heavy atom. The highest BCUT2D eigenvalue weighted by atomic mass is 35.5. The SMILES string of the molecule is O=C(OCc1ccccc1F)c1ccc(Cl)cc1[N+](=O)[O-]. The Balaban J connectivity index is 2.18. The summed E-state index contributed by atoms with van der Waals surface area (Å²) in [6, 6.07) is 9.38. The summed E-state index contributed by atoms with van der Waals surface area (Å²) < 4.78 is 18.3. The Morgan fingerprint density at radius 2 is 2.00 bits per heavy atom. The average Bonchev–Trinajstić information content (AvgIpc) is 2.46. The summed E-state index contributed by atoms with van der Waals surface area (Å²) in [4.78, 5) is 22.0. The number of carbonyl (C=O) groups is 1. The number of esters is 1. The minimum atomic E-state index is -0.915. The minimum absolute atomic E-state index is 0.132. The molecule has 2 aromatic carbocycles. The lowest BCUT2D eigenvalue weighted by atomic mass is 10.2. The topological polar surface area (TPSA) is 69.4 Å². The van der Waals surface area contributed by atoms with Gasteiger partial charge in [-0.2, -0.15) is 0 Å². The normalized spacial score (nSPS) is 10.2. The van der Waals surface area contributed by atoms with Gasteiger partial charge in [0, 0.05) is 16.7 Å². The van der Waals surface area contributed by atoms with Crippen LogP contribution in [0.1, 0.15) is 15.9 Å². The van der Waals surface area contributed by atoms with Crippen LogP contribution in [0.15, 0.2) is 42.5 Å². The Kier molecular flexibility index (Phi) is 4.49. The number of carbonyl (C=O) groups excluding carboxylic acids is 1. The number of ether oxygens (including phenoxy) is 1. The molecule has 0 N–H and O–H groups in total. The fourth-order valence-electron chi connectivity index (χ4n) is 1.66. The average molecular weight is 310 g/mol. The van der Waals surface area contributed by atoms with Gasteiger partial charge in [0.05, 0.1) is 4.92 Å². The zero-order valence-electron chi connectivity index (χ0n) is 10.6. The molecule has 0 aliphatic rings. The number of nitro benzene ring substituents is 1. The molecule has 0 saturated heterocycles. The molecule has 0 spiro atoms. The van der Waals surface area contributed by atoms with Crippen molar-refractivity contribution in [2.45, 2.75) is 6.61 Å². The largest absolute Gasteiger partial charge is 0.457 e. The molecule has 0 amide bonds. The molecule has 0 aliphatic heterocycles. The van der Waals surface area contributed by atoms with Gasteiger partial charge in [-0.05, 0) is 18.2 Å². The molecule has 0 fully saturated rings. The van der Waals surface area contributed by atoms with E-state index in [9.17, 15) is 19.3 Å². The molecule has 0 aromatic heterocycles. The smallest absolute Gasteiger partial charge is 0.345 e. The summed E-state index contributed by atoms with van der Waals surface area (Å²) in [6.07, 6.45) is 0. The van der Waals surface area contributed by atoms with E-state index < -0.39 is 22.4 Å². The molecule has 0 aliphatic carbocycles. The number of halogens is 2. The molecule has 2 rings (SSSR count). The molecule has 0 bridgehead atoms. The van der Waals surface area contributed by atoms with Gasteiger partial charge in [0.25, 0.3) is 5.69 Å². The molecule has 5 nitrogen and oxygen atoms in total. The van der Waals surface area contributed by atoms with E-state index in [-0.39, 0.29) is 22.8 Å². The summed E-state index contributed by atoms with van der Waals surface area (Å²) in [7, 11) is 0. The highest BCUT2D eigenvalue weighted by molar-refractivity contribution is 6.31. The van der Waals surface area contributed by atoms with Gasteiger partial charge < -0.3 is 4.74 Å². The summed E-state index contributed by atoms with van der Waals surface area (Å²) >= 11 is 5.65. The van der Waals surface area contributed by atoms with Gasteiger partial charge in [0.1, 0.15) is 18.0 Å². The maximum atomic E-state index is 13.4. The lowest BCUT2D eigenvalue weighted by Gasteiger charge is -2.06. The standard InChI is InChI=1S/C14H9ClFNO4/c15-10-5-6-11(13(7-10)17(19)20)14(18)21-8-9-3-1-2-4-12(9)16/h1-7H,8H2. The first-order chi connectivity index (χ1) is 9.99. The van der Waals surface area contributed by atoms with Crippen LogP contribution in [0.3, 0.4) is 0 Å². The van der Waals surface area contributed by atoms with Gasteiger partial charge in [0.2, 0.25) is 0 Å². The summed E-state index contributed by atoms with van der Waals surface area (Å²) in [5.74, 6) is -1.43. The zero-order valence-corrected chi connectivity index (χ0v) is 11.3. The van der Waals surface area contributed by atoms with Crippen LogP contribution in [0, 0.1) is 15.9 Å². The third kappa shape index (κ3) is 3.55. The number of nitrogens with zero attached hydrogens (tertiary/aromatic N) is 1. The fraction of sp³-hybridized carbons (Fsp3) is 0.0714. The van der Waals surface area contributed by atoms with Crippen LogP contribution in [-0.2, 0) is 11.3 Å². The highest BCUT2D eigenvalue weighted by Crippen LogP contribution is 2.24. The van der Waals surface area contributed by atoms with Gasteiger partial charge in [-0.25, -0.2) is 9.18 Å². The van der Waals surface area contributed by atoms with Crippen molar-refractivity contribution in [1.82, 2.24) is 0 Å². The monoisotopic (exact) mass is 309 g/mol. The quantitative estimate of drug-likeness (QED) is 0.490. The van der Waals surface area contributed by atoms with Crippen LogP contribution in [-0.4, -0.2) is 10.9 Å². The first-order valence-corrected chi connectivity index (χ1v) is 6.21. The van der Waals surface area contributed by atoms with Crippen LogP contribution < -0.4 is 0 Å². The second-order valence-corrected chi connectivity index (χ2v) is 4.52. The number of hydrogen-bond acceptors (Lipinski definition) is 4. The highest BCUT2D eigenvalue weighted by Gasteiger charge is 2.22. The van der Waals surface area contributed by atoms with Gasteiger partial charge in [-0.1, -0.05) is 29.8 Å². The van der Waals surface area contributed by atoms with Crippen molar-refractivity contribution in [2.24, 2.45) is 0 Å². The first kappa shape index (κ1) is 14.9. The fourth-order valence-corrected chi connectivity index (χ4v) is 1.83. The lowest BCUT2D eigenvalue weighted by molar-refractivity contribution is -0.385. The molecule has 0 atom stereocenters. The molecule has 0 unspecified atom stereocenters. The Morgan fingerprint density at radius 3 is 2.67 bits per heavy atom. The molecule has 2 aromatic rings. The number of benzene rings is 2. The van der Waals surface area contributed by atoms with Crippen LogP contribution in [0.4, 0.5) is 10.1 Å². The first-order valence-electron chi connectivity index (χ1n) is 5.83. The summed E-state index contributed by atoms with van der Waals surface area (Å²) in [6.45, 7) is -0.314. The minimum Gasteiger partial charge on any atom is -0.457 e. The molecular formula is C14H9ClFNO4. The number of rotatable bonds is 4. The lowest BCUT2D eigenvalue weighted by Crippen LogP contribution is -2.09. The van der Waals surface area contributed by atoms with E-state index in [4.69, 9.17) is 16.3 Å². The molecular weight excluding hydrogens is 301 g/mol. The van der Waals surface area contributed by atoms with Crippen molar-refractivity contribution in [2.75, 3.05) is 0 Å². The van der Waals surface area contributed by atoms with Crippen molar-refractivity contribution in [3.8, 4) is 0 Å². The predicted octanol–water partition coefficient (Wildman–Crippen LogP) is 3.74. The summed E-state index contributed by atoms with van der Waals surface area (Å²) in [5, 5.41) is 11.0. The van der Waals surface area contributed by atoms with E-state index >= 15 is 0 Å². The van der Waals surface area contributed by atoms with Crippen LogP contribution >= 0.6 is 11.6 Å². The van der Waals surface area contributed by atoms with Crippen molar-refractivity contribution in [3.05, 3.63) is 74.5 Å². The third-order valence-electron chi connectivity index (χ3n) is 2.69. The van der Waals surface area contributed by atoms with E-state index in [1.807, 2.05) is 0 Å². The maximum absolute atomic E-state index is 13.4. The molecule has 108 valence electrons. The van der Waals surface area contributed by atoms with Gasteiger partial charge in [-0.15, -0.1) is 0 Å². The number of hydrogen-bond donors (Lipinski definition) is 0. The second-order valence-electron chi connectivity index (χ2n) is 4.09. The van der Waals surface area contributed by atoms with Gasteiger partial charge >= 0.3 is 5.97 Å². The molecule has 0 saturated carbocycles. The molecule has 7 heteroatoms. The Hall–Kier alpha value is -2.47. The van der Waals surface area contributed by atoms with Crippen molar-refractivity contribution < 1.29 is 18.8 Å². The Bertz CT molecular complexity index is 705. The van der Waals surface area contributed by atoms with E-state index in [1.54, 1.807) is 6.07 Å². The van der Waals surface area contributed by atoms with Crippen LogP contribution in [0.25, 0.3) is 0 Å². The van der Waals surface area contributed by atoms with Gasteiger partial charge in [0.15, 0.2) is 0 Å². The van der Waals surface area contributed by atoms with Crippen LogP contribution in [0.2, 0.25) is 5.02 Å². The Labute approximate surface area is 124 Å². The van der Waals surface area contributed by atoms with E-state index in [2.05, 4.69) is 0 Å². The zero-order chi connectivity index (χ0) is 15.4. The van der Waals surface area contributed by atoms with Crippen molar-refractivity contribution >= 4 is 23.3 Å². The van der Waals surface area contributed by atoms with Gasteiger partial charge in [-0.3, -0.25) is 10.1 Å². The van der Waals surface area contributed by atoms with E-state index in [1.165, 1.54) is 30.3 Å². The van der Waals surface area contributed by atoms with E-state index in [0.717, 1.165) is 6.07 Å². The maximum Gasteiger partial charge on any atom is 0.345 e. The van der Waals surface area contributed by atoms with Crippen molar-refractivity contribution in [1.29, 1.82) is 0 Å². The molecule has 21 heavy (non-hydrogen) atoms. The number of nitro groups is 1.